The van der Waals surface area contributed by atoms with Crippen molar-refractivity contribution < 1.29 is 28.0 Å². The third-order valence-corrected chi connectivity index (χ3v) is 5.08. The summed E-state index contributed by atoms with van der Waals surface area (Å²) in [6.45, 7) is 14.5. The number of benzene rings is 1. The lowest BCUT2D eigenvalue weighted by atomic mass is 9.77. The molecule has 0 aliphatic carbocycles. The second kappa shape index (κ2) is 9.00. The van der Waals surface area contributed by atoms with Gasteiger partial charge >= 0.3 is 13.2 Å². The molecule has 1 saturated heterocycles. The molecule has 170 valence electrons. The van der Waals surface area contributed by atoms with E-state index in [0.29, 0.717) is 11.0 Å². The van der Waals surface area contributed by atoms with Gasteiger partial charge in [-0.2, -0.15) is 0 Å². The van der Waals surface area contributed by atoms with Crippen LogP contribution in [-0.2, 0) is 18.8 Å². The Bertz CT molecular complexity index is 861. The zero-order chi connectivity index (χ0) is 23.6. The molecule has 31 heavy (non-hydrogen) atoms. The largest absolute Gasteiger partial charge is 0.492 e. The van der Waals surface area contributed by atoms with Crippen molar-refractivity contribution in [3.05, 3.63) is 35.1 Å². The molecule has 0 saturated carbocycles. The smallest absolute Gasteiger partial charge is 0.444 e. The Labute approximate surface area is 183 Å². The van der Waals surface area contributed by atoms with Gasteiger partial charge in [-0.15, -0.1) is 0 Å². The highest BCUT2D eigenvalue weighted by molar-refractivity contribution is 6.56. The molecule has 2 rings (SSSR count). The van der Waals surface area contributed by atoms with Crippen LogP contribution in [0.5, 0.6) is 0 Å². The van der Waals surface area contributed by atoms with Crippen molar-refractivity contribution in [2.45, 2.75) is 72.2 Å². The number of hydrogen-bond donors (Lipinski definition) is 2. The first-order valence-electron chi connectivity index (χ1n) is 10.2. The third-order valence-electron chi connectivity index (χ3n) is 5.08. The van der Waals surface area contributed by atoms with Gasteiger partial charge in [-0.25, -0.2) is 9.18 Å². The van der Waals surface area contributed by atoms with Crippen molar-refractivity contribution in [1.29, 1.82) is 0 Å². The van der Waals surface area contributed by atoms with Gasteiger partial charge in [0.1, 0.15) is 11.4 Å². The summed E-state index contributed by atoms with van der Waals surface area (Å²) in [6.07, 6.45) is 0.969. The Kier molecular flexibility index (Phi) is 7.23. The molecule has 2 N–H and O–H groups in total. The van der Waals surface area contributed by atoms with E-state index in [1.807, 2.05) is 27.7 Å². The first-order valence-corrected chi connectivity index (χ1v) is 10.2. The molecule has 0 aromatic heterocycles. The summed E-state index contributed by atoms with van der Waals surface area (Å²) >= 11 is 0. The first-order chi connectivity index (χ1) is 14.1. The summed E-state index contributed by atoms with van der Waals surface area (Å²) < 4.78 is 31.9. The average molecular weight is 434 g/mol. The summed E-state index contributed by atoms with van der Waals surface area (Å²) in [5.41, 5.74) is -0.627. The SMILES string of the molecule is CC(=O)NCC(=Cc1ccc(NC(=O)OC(C)(C)C)c(F)c1)B1OC(C)(C)C(C)(C)O1. The number of amides is 2. The molecule has 1 aliphatic heterocycles. The minimum atomic E-state index is -0.738. The van der Waals surface area contributed by atoms with Gasteiger partial charge in [-0.1, -0.05) is 12.1 Å². The highest BCUT2D eigenvalue weighted by Gasteiger charge is 2.52. The molecule has 0 unspecified atom stereocenters. The number of halogens is 1. The Morgan fingerprint density at radius 1 is 1.16 bits per heavy atom. The molecular weight excluding hydrogens is 402 g/mol. The molecule has 0 spiro atoms. The molecule has 1 aliphatic rings. The molecule has 1 fully saturated rings. The van der Waals surface area contributed by atoms with E-state index in [1.54, 1.807) is 32.9 Å². The summed E-state index contributed by atoms with van der Waals surface area (Å²) in [7, 11) is -0.695. The van der Waals surface area contributed by atoms with Gasteiger partial charge in [0, 0.05) is 13.5 Å². The molecule has 7 nitrogen and oxygen atoms in total. The van der Waals surface area contributed by atoms with Crippen LogP contribution < -0.4 is 10.6 Å². The van der Waals surface area contributed by atoms with Crippen LogP contribution in [0.2, 0.25) is 0 Å². The van der Waals surface area contributed by atoms with Crippen LogP contribution in [0.15, 0.2) is 23.7 Å². The van der Waals surface area contributed by atoms with Crippen LogP contribution >= 0.6 is 0 Å². The van der Waals surface area contributed by atoms with Gasteiger partial charge in [0.2, 0.25) is 5.91 Å². The number of anilines is 1. The van der Waals surface area contributed by atoms with E-state index in [0.717, 1.165) is 0 Å². The number of nitrogens with one attached hydrogen (secondary N) is 2. The van der Waals surface area contributed by atoms with Crippen LogP contribution in [0.4, 0.5) is 14.9 Å². The molecule has 1 aromatic rings. The summed E-state index contributed by atoms with van der Waals surface area (Å²) in [5, 5.41) is 5.14. The van der Waals surface area contributed by atoms with Crippen LogP contribution in [0, 0.1) is 5.82 Å². The van der Waals surface area contributed by atoms with Crippen molar-refractivity contribution in [2.75, 3.05) is 11.9 Å². The third kappa shape index (κ3) is 6.80. The second-order valence-corrected chi connectivity index (χ2v) is 9.58. The number of rotatable bonds is 5. The van der Waals surface area contributed by atoms with Crippen LogP contribution in [-0.4, -0.2) is 42.5 Å². The van der Waals surface area contributed by atoms with E-state index < -0.39 is 35.8 Å². The highest BCUT2D eigenvalue weighted by atomic mass is 19.1. The fourth-order valence-corrected chi connectivity index (χ4v) is 2.77. The Morgan fingerprint density at radius 3 is 2.23 bits per heavy atom. The Balaban J connectivity index is 2.26. The van der Waals surface area contributed by atoms with Gasteiger partial charge in [0.25, 0.3) is 0 Å². The van der Waals surface area contributed by atoms with Gasteiger partial charge in [-0.3, -0.25) is 10.1 Å². The first kappa shape index (κ1) is 24.9. The standard InChI is InChI=1S/C22H32BFN2O5/c1-14(27)25-13-16(23-30-21(5,6)22(7,8)31-23)11-15-9-10-18(17(24)12-15)26-19(28)29-20(2,3)4/h9-12H,13H2,1-8H3,(H,25,27)(H,26,28). The van der Waals surface area contributed by atoms with Crippen LogP contribution in [0.25, 0.3) is 6.08 Å². The lowest BCUT2D eigenvalue weighted by Gasteiger charge is -2.32. The summed E-state index contributed by atoms with van der Waals surface area (Å²) in [4.78, 5) is 23.3. The van der Waals surface area contributed by atoms with E-state index in [-0.39, 0.29) is 18.1 Å². The number of hydrogen-bond acceptors (Lipinski definition) is 5. The molecular formula is C22H32BFN2O5. The molecule has 0 radical (unpaired) electrons. The van der Waals surface area contributed by atoms with Crippen molar-refractivity contribution in [3.63, 3.8) is 0 Å². The summed E-state index contributed by atoms with van der Waals surface area (Å²) in [6, 6.07) is 4.38. The zero-order valence-corrected chi connectivity index (χ0v) is 19.5. The topological polar surface area (TPSA) is 85.9 Å². The molecule has 0 atom stereocenters. The van der Waals surface area contributed by atoms with Crippen molar-refractivity contribution in [2.24, 2.45) is 0 Å². The van der Waals surface area contributed by atoms with Crippen LogP contribution in [0.3, 0.4) is 0 Å². The lowest BCUT2D eigenvalue weighted by molar-refractivity contribution is -0.118. The van der Waals surface area contributed by atoms with Crippen molar-refractivity contribution >= 4 is 30.9 Å². The molecule has 9 heteroatoms. The molecule has 1 aromatic carbocycles. The second-order valence-electron chi connectivity index (χ2n) is 9.58. The molecule has 0 bridgehead atoms. The highest BCUT2D eigenvalue weighted by Crippen LogP contribution is 2.38. The fraction of sp³-hybridized carbons (Fsp3) is 0.545. The fourth-order valence-electron chi connectivity index (χ4n) is 2.77. The number of carbonyl (C=O) groups excluding carboxylic acids is 2. The number of ether oxygens (including phenoxy) is 1. The average Bonchev–Trinajstić information content (AvgIpc) is 2.79. The maximum Gasteiger partial charge on any atom is 0.492 e. The van der Waals surface area contributed by atoms with E-state index in [1.165, 1.54) is 19.1 Å². The minimum Gasteiger partial charge on any atom is -0.444 e. The predicted octanol–water partition coefficient (Wildman–Crippen LogP) is 4.32. The van der Waals surface area contributed by atoms with E-state index in [9.17, 15) is 14.0 Å². The zero-order valence-electron chi connectivity index (χ0n) is 19.5. The van der Waals surface area contributed by atoms with Gasteiger partial charge in [-0.05, 0) is 71.6 Å². The Hall–Kier alpha value is -2.39. The maximum atomic E-state index is 14.6. The van der Waals surface area contributed by atoms with E-state index in [4.69, 9.17) is 14.0 Å². The normalized spacial score (nSPS) is 18.0. The van der Waals surface area contributed by atoms with E-state index in [2.05, 4.69) is 10.6 Å². The lowest BCUT2D eigenvalue weighted by Crippen LogP contribution is -2.41. The van der Waals surface area contributed by atoms with Gasteiger partial charge in [0.05, 0.1) is 16.9 Å². The molecule has 2 amide bonds. The monoisotopic (exact) mass is 434 g/mol. The van der Waals surface area contributed by atoms with Crippen molar-refractivity contribution in [1.82, 2.24) is 5.32 Å². The number of carbonyl (C=O) groups is 2. The minimum absolute atomic E-state index is 0.00504. The molecule has 1 heterocycles. The summed E-state index contributed by atoms with van der Waals surface area (Å²) in [5.74, 6) is -0.821. The van der Waals surface area contributed by atoms with Gasteiger partial charge < -0.3 is 19.4 Å². The Morgan fingerprint density at radius 2 is 1.74 bits per heavy atom. The van der Waals surface area contributed by atoms with Crippen LogP contribution in [0.1, 0.15) is 61.0 Å². The van der Waals surface area contributed by atoms with Gasteiger partial charge in [0.15, 0.2) is 0 Å². The van der Waals surface area contributed by atoms with E-state index >= 15 is 0 Å². The quantitative estimate of drug-likeness (QED) is 0.675. The predicted molar refractivity (Wildman–Crippen MR) is 119 cm³/mol. The van der Waals surface area contributed by atoms with Crippen molar-refractivity contribution in [3.8, 4) is 0 Å². The maximum absolute atomic E-state index is 14.6.